The number of allylic oxidation sites excluding steroid dienone is 1. The molecular formula is C49H71N5O9. The summed E-state index contributed by atoms with van der Waals surface area (Å²) in [6.45, 7) is 17.6. The van der Waals surface area contributed by atoms with Crippen LogP contribution in [0.1, 0.15) is 143 Å². The lowest BCUT2D eigenvalue weighted by Crippen LogP contribution is -2.63. The smallest absolute Gasteiger partial charge is 0.410 e. The van der Waals surface area contributed by atoms with Crippen LogP contribution in [0.4, 0.5) is 9.59 Å². The number of carbonyl (C=O) groups is 8. The van der Waals surface area contributed by atoms with Gasteiger partial charge in [-0.15, -0.1) is 6.58 Å². The Hall–Kier alpha value is -4.88. The molecule has 14 nitrogen and oxygen atoms in total. The summed E-state index contributed by atoms with van der Waals surface area (Å²) in [4.78, 5) is 115. The van der Waals surface area contributed by atoms with Gasteiger partial charge in [-0.1, -0.05) is 104 Å². The number of ketones is 3. The summed E-state index contributed by atoms with van der Waals surface area (Å²) in [5, 5.41) is 6.01. The van der Waals surface area contributed by atoms with Gasteiger partial charge >= 0.3 is 12.1 Å². The van der Waals surface area contributed by atoms with Crippen molar-refractivity contribution >= 4 is 47.2 Å². The van der Waals surface area contributed by atoms with Crippen molar-refractivity contribution in [2.24, 2.45) is 22.2 Å². The van der Waals surface area contributed by atoms with Crippen LogP contribution < -0.4 is 10.6 Å². The molecule has 5 atom stereocenters. The van der Waals surface area contributed by atoms with E-state index in [2.05, 4.69) is 17.2 Å². The average molecular weight is 874 g/mol. The molecule has 1 saturated carbocycles. The van der Waals surface area contributed by atoms with Gasteiger partial charge in [0.2, 0.25) is 23.5 Å². The highest BCUT2D eigenvalue weighted by atomic mass is 16.6. The molecule has 0 spiro atoms. The number of nitrogens with one attached hydrogen (secondary N) is 2. The average Bonchev–Trinajstić information content (AvgIpc) is 3.65. The number of Topliss-reactive ketones (excluding diaryl/α,β-unsaturated/α-hetero) is 3. The van der Waals surface area contributed by atoms with E-state index < -0.39 is 81.8 Å². The Morgan fingerprint density at radius 2 is 1.60 bits per heavy atom. The van der Waals surface area contributed by atoms with Crippen molar-refractivity contribution in [2.45, 2.75) is 169 Å². The van der Waals surface area contributed by atoms with E-state index in [1.165, 1.54) is 9.80 Å². The molecule has 3 aliphatic heterocycles. The number of hydrogen-bond donors (Lipinski definition) is 2. The lowest BCUT2D eigenvalue weighted by atomic mass is 9.70. The molecule has 4 aliphatic rings. The van der Waals surface area contributed by atoms with E-state index in [0.29, 0.717) is 51.6 Å². The Morgan fingerprint density at radius 3 is 2.22 bits per heavy atom. The van der Waals surface area contributed by atoms with Crippen molar-refractivity contribution in [3.63, 3.8) is 0 Å². The quantitative estimate of drug-likeness (QED) is 0.0961. The Bertz CT molecular complexity index is 1890. The molecule has 2 saturated heterocycles. The first kappa shape index (κ1) is 49.1. The van der Waals surface area contributed by atoms with E-state index >= 15 is 4.79 Å². The van der Waals surface area contributed by atoms with Crippen molar-refractivity contribution in [1.82, 2.24) is 25.3 Å². The van der Waals surface area contributed by atoms with Crippen LogP contribution in [0.25, 0.3) is 0 Å². The van der Waals surface area contributed by atoms with Gasteiger partial charge in [-0.25, -0.2) is 9.59 Å². The summed E-state index contributed by atoms with van der Waals surface area (Å²) in [5.41, 5.74) is 0.408. The first-order valence-corrected chi connectivity index (χ1v) is 23.1. The number of imide groups is 1. The molecule has 0 bridgehead atoms. The van der Waals surface area contributed by atoms with Gasteiger partial charge in [0.15, 0.2) is 11.6 Å². The molecule has 63 heavy (non-hydrogen) atoms. The van der Waals surface area contributed by atoms with Crippen LogP contribution in [-0.4, -0.2) is 106 Å². The number of ether oxygens (including phenoxy) is 1. The molecule has 14 heteroatoms. The zero-order valence-corrected chi connectivity index (χ0v) is 38.7. The minimum Gasteiger partial charge on any atom is -0.444 e. The van der Waals surface area contributed by atoms with Gasteiger partial charge in [-0.3, -0.25) is 33.7 Å². The van der Waals surface area contributed by atoms with Gasteiger partial charge < -0.3 is 25.2 Å². The zero-order valence-electron chi connectivity index (χ0n) is 38.7. The van der Waals surface area contributed by atoms with E-state index in [0.717, 1.165) is 30.4 Å². The highest BCUT2D eigenvalue weighted by Crippen LogP contribution is 2.41. The van der Waals surface area contributed by atoms with Crippen LogP contribution in [0.2, 0.25) is 0 Å². The zero-order chi connectivity index (χ0) is 46.3. The van der Waals surface area contributed by atoms with Crippen molar-refractivity contribution in [2.75, 3.05) is 19.6 Å². The molecule has 346 valence electrons. The summed E-state index contributed by atoms with van der Waals surface area (Å²) in [6, 6.07) is 4.38. The molecule has 6 amide bonds. The molecule has 2 N–H and O–H groups in total. The normalized spacial score (nSPS) is 22.3. The third-order valence-corrected chi connectivity index (χ3v) is 13.7. The maximum absolute atomic E-state index is 15.2. The maximum Gasteiger partial charge on any atom is 0.410 e. The fourth-order valence-corrected chi connectivity index (χ4v) is 9.75. The van der Waals surface area contributed by atoms with Crippen molar-refractivity contribution in [1.29, 1.82) is 0 Å². The topological polar surface area (TPSA) is 180 Å². The molecule has 1 aromatic carbocycles. The van der Waals surface area contributed by atoms with Gasteiger partial charge in [0.1, 0.15) is 12.1 Å². The molecule has 5 rings (SSSR count). The number of benzene rings is 1. The number of likely N-dealkylation sites (tertiary alicyclic amines) is 2. The minimum atomic E-state index is -1.10. The maximum atomic E-state index is 15.2. The predicted octanol–water partition coefficient (Wildman–Crippen LogP) is 6.86. The number of amides is 6. The molecule has 3 heterocycles. The molecule has 0 radical (unpaired) electrons. The van der Waals surface area contributed by atoms with Crippen LogP contribution in [0, 0.1) is 22.2 Å². The fourth-order valence-electron chi connectivity index (χ4n) is 9.75. The standard InChI is InChI=1S/C49H71N5O9/c1-9-11-20-37(55)42(59)33(17-10-2)25-38(56)36-26-35(63-46(62)52-24-21-32-18-13-14-19-34(32)29-52)30-53(36)44(60)43(49(8)22-15-12-16-23-49)51-45(61)50-39(47(3,4)5)31-54-40(57)27-48(6,7)28-41(54)58/h9,13-14,18-19,33,35-36,39,43H,1,10-12,15-17,20-31H2,2-8H3,(H2,50,51,61)/t33?,35-,36+,39-,43-/m1/s1. The summed E-state index contributed by atoms with van der Waals surface area (Å²) < 4.78 is 6.08. The largest absolute Gasteiger partial charge is 0.444 e. The number of carbonyl (C=O) groups excluding carboxylic acids is 8. The Balaban J connectivity index is 1.42. The van der Waals surface area contributed by atoms with Crippen LogP contribution in [-0.2, 0) is 46.5 Å². The second-order valence-electron chi connectivity index (χ2n) is 20.6. The number of nitrogens with zero attached hydrogens (tertiary/aromatic N) is 3. The second kappa shape index (κ2) is 20.7. The number of hydrogen-bond acceptors (Lipinski definition) is 9. The first-order chi connectivity index (χ1) is 29.7. The Labute approximate surface area is 373 Å². The van der Waals surface area contributed by atoms with Crippen molar-refractivity contribution in [3.8, 4) is 0 Å². The third-order valence-electron chi connectivity index (χ3n) is 13.7. The molecule has 1 unspecified atom stereocenters. The van der Waals surface area contributed by atoms with E-state index in [1.807, 2.05) is 72.7 Å². The van der Waals surface area contributed by atoms with Gasteiger partial charge in [-0.05, 0) is 59.5 Å². The Kier molecular flexibility index (Phi) is 16.2. The predicted molar refractivity (Wildman–Crippen MR) is 238 cm³/mol. The lowest BCUT2D eigenvalue weighted by molar-refractivity contribution is -0.153. The van der Waals surface area contributed by atoms with Crippen molar-refractivity contribution < 1.29 is 43.1 Å². The number of urea groups is 1. The van der Waals surface area contributed by atoms with Crippen molar-refractivity contribution in [3.05, 3.63) is 48.0 Å². The van der Waals surface area contributed by atoms with Gasteiger partial charge in [-0.2, -0.15) is 0 Å². The number of rotatable bonds is 17. The summed E-state index contributed by atoms with van der Waals surface area (Å²) >= 11 is 0. The lowest BCUT2D eigenvalue weighted by Gasteiger charge is -2.43. The van der Waals surface area contributed by atoms with Crippen LogP contribution >= 0.6 is 0 Å². The van der Waals surface area contributed by atoms with Crippen LogP contribution in [0.15, 0.2) is 36.9 Å². The fraction of sp³-hybridized carbons (Fsp3) is 0.673. The van der Waals surface area contributed by atoms with E-state index in [-0.39, 0.29) is 57.0 Å². The monoisotopic (exact) mass is 874 g/mol. The van der Waals surface area contributed by atoms with E-state index in [1.54, 1.807) is 11.0 Å². The van der Waals surface area contributed by atoms with Gasteiger partial charge in [0.25, 0.3) is 0 Å². The highest BCUT2D eigenvalue weighted by molar-refractivity contribution is 6.38. The SMILES string of the molecule is C=CCCC(=O)C(=O)C(CCC)CC(=O)[C@@H]1C[C@@H](OC(=O)N2CCc3ccccc3C2)CN1C(=O)[C@@H](NC(=O)N[C@H](CN1C(=O)CC(C)(C)CC1=O)C(C)(C)C)C1(C)CCCCC1. The summed E-state index contributed by atoms with van der Waals surface area (Å²) in [7, 11) is 0. The number of piperidine rings is 1. The number of fused-ring (bicyclic) bond motifs is 1. The first-order valence-electron chi connectivity index (χ1n) is 23.1. The van der Waals surface area contributed by atoms with Gasteiger partial charge in [0, 0.05) is 57.7 Å². The molecule has 0 aromatic heterocycles. The Morgan fingerprint density at radius 1 is 0.952 bits per heavy atom. The summed E-state index contributed by atoms with van der Waals surface area (Å²) in [6.07, 6.45) is 6.00. The molecule has 3 fully saturated rings. The molecular weight excluding hydrogens is 803 g/mol. The van der Waals surface area contributed by atoms with Crippen LogP contribution in [0.5, 0.6) is 0 Å². The van der Waals surface area contributed by atoms with Crippen LogP contribution in [0.3, 0.4) is 0 Å². The van der Waals surface area contributed by atoms with E-state index in [9.17, 15) is 33.6 Å². The third kappa shape index (κ3) is 12.4. The van der Waals surface area contributed by atoms with E-state index in [4.69, 9.17) is 4.74 Å². The molecule has 1 aromatic rings. The molecule has 1 aliphatic carbocycles. The highest BCUT2D eigenvalue weighted by Gasteiger charge is 2.50. The minimum absolute atomic E-state index is 0.00330. The second-order valence-corrected chi connectivity index (χ2v) is 20.6. The van der Waals surface area contributed by atoms with Gasteiger partial charge in [0.05, 0.1) is 18.6 Å². The summed E-state index contributed by atoms with van der Waals surface area (Å²) in [5.74, 6) is -3.58.